The highest BCUT2D eigenvalue weighted by Gasteiger charge is 2.35. The van der Waals surface area contributed by atoms with E-state index in [1.54, 1.807) is 12.0 Å². The number of piperazine rings is 1. The van der Waals surface area contributed by atoms with Gasteiger partial charge in [0, 0.05) is 33.7 Å². The van der Waals surface area contributed by atoms with E-state index in [1.165, 1.54) is 11.3 Å². The van der Waals surface area contributed by atoms with Gasteiger partial charge in [-0.15, -0.1) is 0 Å². The van der Waals surface area contributed by atoms with Crippen LogP contribution in [-0.2, 0) is 4.74 Å². The van der Waals surface area contributed by atoms with Gasteiger partial charge in [0.05, 0.1) is 18.0 Å². The fraction of sp³-hybridized carbons (Fsp3) is 0.733. The Bertz CT molecular complexity index is 553. The van der Waals surface area contributed by atoms with Gasteiger partial charge in [-0.3, -0.25) is 4.90 Å². The van der Waals surface area contributed by atoms with Gasteiger partial charge in [-0.1, -0.05) is 11.3 Å². The molecular formula is C15H26N4O3S. The molecule has 1 atom stereocenters. The second kappa shape index (κ2) is 6.92. The molecule has 23 heavy (non-hydrogen) atoms. The lowest BCUT2D eigenvalue weighted by molar-refractivity contribution is 0.0119. The molecule has 1 amide bonds. The monoisotopic (exact) mass is 342 g/mol. The predicted molar refractivity (Wildman–Crippen MR) is 91.5 cm³/mol. The van der Waals surface area contributed by atoms with Crippen LogP contribution in [0.3, 0.4) is 0 Å². The molecule has 1 N–H and O–H groups in total. The SMILES string of the molecule is COc1nc(N(C)C)sc1C1CNCCN1C(=O)OC(C)(C)C. The van der Waals surface area contributed by atoms with Crippen LogP contribution in [0, 0.1) is 0 Å². The van der Waals surface area contributed by atoms with Crippen LogP contribution < -0.4 is 15.0 Å². The van der Waals surface area contributed by atoms with Crippen molar-refractivity contribution in [3.8, 4) is 5.88 Å². The van der Waals surface area contributed by atoms with Crippen LogP contribution in [-0.4, -0.2) is 62.4 Å². The Hall–Kier alpha value is -1.54. The van der Waals surface area contributed by atoms with Gasteiger partial charge < -0.3 is 19.7 Å². The molecule has 1 unspecified atom stereocenters. The molecule has 1 saturated heterocycles. The van der Waals surface area contributed by atoms with E-state index in [2.05, 4.69) is 10.3 Å². The summed E-state index contributed by atoms with van der Waals surface area (Å²) in [5, 5.41) is 4.18. The highest BCUT2D eigenvalue weighted by atomic mass is 32.1. The third-order valence-corrected chi connectivity index (χ3v) is 4.66. The number of anilines is 1. The third kappa shape index (κ3) is 4.26. The van der Waals surface area contributed by atoms with Crippen LogP contribution >= 0.6 is 11.3 Å². The van der Waals surface area contributed by atoms with E-state index in [9.17, 15) is 4.79 Å². The van der Waals surface area contributed by atoms with Crippen molar-refractivity contribution in [1.29, 1.82) is 0 Å². The third-order valence-electron chi connectivity index (χ3n) is 3.36. The largest absolute Gasteiger partial charge is 0.480 e. The van der Waals surface area contributed by atoms with Crippen molar-refractivity contribution in [1.82, 2.24) is 15.2 Å². The fourth-order valence-corrected chi connectivity index (χ4v) is 3.40. The summed E-state index contributed by atoms with van der Waals surface area (Å²) in [4.78, 5) is 21.7. The Kier molecular flexibility index (Phi) is 5.36. The minimum absolute atomic E-state index is 0.139. The van der Waals surface area contributed by atoms with Crippen molar-refractivity contribution in [2.45, 2.75) is 32.4 Å². The summed E-state index contributed by atoms with van der Waals surface area (Å²) < 4.78 is 11.0. The molecule has 0 spiro atoms. The smallest absolute Gasteiger partial charge is 0.410 e. The average Bonchev–Trinajstić information content (AvgIpc) is 2.89. The molecule has 0 saturated carbocycles. The van der Waals surface area contributed by atoms with Gasteiger partial charge in [-0.2, -0.15) is 4.98 Å². The zero-order chi connectivity index (χ0) is 17.2. The van der Waals surface area contributed by atoms with Crippen LogP contribution in [0.15, 0.2) is 0 Å². The van der Waals surface area contributed by atoms with Gasteiger partial charge in [0.1, 0.15) is 5.60 Å². The van der Waals surface area contributed by atoms with Gasteiger partial charge in [0.25, 0.3) is 0 Å². The van der Waals surface area contributed by atoms with Crippen molar-refractivity contribution in [3.63, 3.8) is 0 Å². The Morgan fingerprint density at radius 1 is 1.43 bits per heavy atom. The molecule has 7 nitrogen and oxygen atoms in total. The number of methoxy groups -OCH3 is 1. The first-order chi connectivity index (χ1) is 10.7. The van der Waals surface area contributed by atoms with E-state index in [0.29, 0.717) is 19.0 Å². The number of ether oxygens (including phenoxy) is 2. The second-order valence-corrected chi connectivity index (χ2v) is 7.67. The first-order valence-electron chi connectivity index (χ1n) is 7.65. The highest BCUT2D eigenvalue weighted by Crippen LogP contribution is 2.38. The number of carbonyl (C=O) groups is 1. The summed E-state index contributed by atoms with van der Waals surface area (Å²) in [7, 11) is 5.48. The molecule has 1 aliphatic rings. The van der Waals surface area contributed by atoms with E-state index in [4.69, 9.17) is 9.47 Å². The number of amides is 1. The lowest BCUT2D eigenvalue weighted by atomic mass is 10.1. The maximum absolute atomic E-state index is 12.5. The summed E-state index contributed by atoms with van der Waals surface area (Å²) in [6, 6.07) is -0.139. The van der Waals surface area contributed by atoms with Gasteiger partial charge >= 0.3 is 6.09 Å². The summed E-state index contributed by atoms with van der Waals surface area (Å²) in [6.07, 6.45) is -0.300. The number of nitrogens with zero attached hydrogens (tertiary/aromatic N) is 3. The lowest BCUT2D eigenvalue weighted by Gasteiger charge is -2.36. The molecule has 1 fully saturated rings. The maximum Gasteiger partial charge on any atom is 0.410 e. The summed E-state index contributed by atoms with van der Waals surface area (Å²) in [5.74, 6) is 0.570. The quantitative estimate of drug-likeness (QED) is 0.907. The first kappa shape index (κ1) is 17.8. The molecule has 2 heterocycles. The van der Waals surface area contributed by atoms with Crippen molar-refractivity contribution < 1.29 is 14.3 Å². The van der Waals surface area contributed by atoms with Crippen molar-refractivity contribution in [3.05, 3.63) is 4.88 Å². The Morgan fingerprint density at radius 2 is 2.13 bits per heavy atom. The van der Waals surface area contributed by atoms with Gasteiger partial charge in [0.2, 0.25) is 5.88 Å². The van der Waals surface area contributed by atoms with Crippen LogP contribution in [0.25, 0.3) is 0 Å². The molecular weight excluding hydrogens is 316 g/mol. The zero-order valence-corrected chi connectivity index (χ0v) is 15.5. The minimum atomic E-state index is -0.515. The van der Waals surface area contributed by atoms with E-state index in [-0.39, 0.29) is 12.1 Å². The summed E-state index contributed by atoms with van der Waals surface area (Å²) in [6.45, 7) is 7.62. The number of hydrogen-bond donors (Lipinski definition) is 1. The molecule has 1 aromatic heterocycles. The fourth-order valence-electron chi connectivity index (χ4n) is 2.33. The molecule has 8 heteroatoms. The van der Waals surface area contributed by atoms with Gasteiger partial charge in [0.15, 0.2) is 5.13 Å². The van der Waals surface area contributed by atoms with Gasteiger partial charge in [-0.25, -0.2) is 4.79 Å². The highest BCUT2D eigenvalue weighted by molar-refractivity contribution is 7.16. The number of carbonyl (C=O) groups excluding carboxylic acids is 1. The number of hydrogen-bond acceptors (Lipinski definition) is 7. The van der Waals surface area contributed by atoms with Gasteiger partial charge in [-0.05, 0) is 20.8 Å². The molecule has 0 radical (unpaired) electrons. The average molecular weight is 342 g/mol. The maximum atomic E-state index is 12.5. The zero-order valence-electron chi connectivity index (χ0n) is 14.7. The Morgan fingerprint density at radius 3 is 2.70 bits per heavy atom. The first-order valence-corrected chi connectivity index (χ1v) is 8.47. The lowest BCUT2D eigenvalue weighted by Crippen LogP contribution is -2.50. The summed E-state index contributed by atoms with van der Waals surface area (Å²) in [5.41, 5.74) is -0.515. The number of aromatic nitrogens is 1. The Balaban J connectivity index is 2.29. The van der Waals surface area contributed by atoms with E-state index < -0.39 is 5.60 Å². The molecule has 1 aromatic rings. The number of nitrogens with one attached hydrogen (secondary N) is 1. The molecule has 130 valence electrons. The molecule has 1 aliphatic heterocycles. The minimum Gasteiger partial charge on any atom is -0.480 e. The number of rotatable bonds is 3. The van der Waals surface area contributed by atoms with Crippen LogP contribution in [0.2, 0.25) is 0 Å². The second-order valence-electron chi connectivity index (χ2n) is 6.66. The molecule has 2 rings (SSSR count). The normalized spacial score (nSPS) is 18.7. The van der Waals surface area contributed by atoms with E-state index in [1.807, 2.05) is 39.8 Å². The molecule has 0 aliphatic carbocycles. The van der Waals surface area contributed by atoms with E-state index >= 15 is 0 Å². The van der Waals surface area contributed by atoms with Crippen LogP contribution in [0.1, 0.15) is 31.7 Å². The van der Waals surface area contributed by atoms with Crippen molar-refractivity contribution >= 4 is 22.6 Å². The van der Waals surface area contributed by atoms with Crippen LogP contribution in [0.5, 0.6) is 5.88 Å². The Labute approximate surface area is 141 Å². The van der Waals surface area contributed by atoms with Crippen molar-refractivity contribution in [2.24, 2.45) is 0 Å². The molecule has 0 bridgehead atoms. The van der Waals surface area contributed by atoms with Crippen LogP contribution in [0.4, 0.5) is 9.93 Å². The molecule has 0 aromatic carbocycles. The summed E-state index contributed by atoms with van der Waals surface area (Å²) >= 11 is 1.54. The van der Waals surface area contributed by atoms with E-state index in [0.717, 1.165) is 16.6 Å². The topological polar surface area (TPSA) is 66.9 Å². The number of thiazole rings is 1. The predicted octanol–water partition coefficient (Wildman–Crippen LogP) is 2.10. The van der Waals surface area contributed by atoms with Crippen molar-refractivity contribution in [2.75, 3.05) is 45.7 Å². The standard InChI is InChI=1S/C15H26N4O3S/c1-15(2,3)22-14(20)19-8-7-16-9-10(19)11-12(21-6)17-13(23-11)18(4)5/h10,16H,7-9H2,1-6H3.